The van der Waals surface area contributed by atoms with Crippen molar-refractivity contribution in [1.82, 2.24) is 9.29 Å². The molecule has 1 unspecified atom stereocenters. The molecule has 1 aliphatic heterocycles. The molecule has 0 aliphatic carbocycles. The number of piperidine rings is 1. The van der Waals surface area contributed by atoms with Gasteiger partial charge in [0.25, 0.3) is 10.0 Å². The highest BCUT2D eigenvalue weighted by Crippen LogP contribution is 2.29. The number of nitrogens with zero attached hydrogens (tertiary/aromatic N) is 2. The standard InChI is InChI=1S/C15H16N2O4S2/c18-15(19)12-8-4-5-9-17(12)23(20,21)13-10-22-14(16-13)11-6-2-1-3-7-11/h1-3,6-7,10,12H,4-5,8-9H2,(H,18,19). The summed E-state index contributed by atoms with van der Waals surface area (Å²) in [6.07, 6.45) is 1.72. The lowest BCUT2D eigenvalue weighted by molar-refractivity contribution is -0.142. The van der Waals surface area contributed by atoms with Gasteiger partial charge in [-0.2, -0.15) is 4.31 Å². The number of thiazole rings is 1. The molecular formula is C15H16N2O4S2. The Balaban J connectivity index is 1.94. The first kappa shape index (κ1) is 16.1. The number of hydrogen-bond acceptors (Lipinski definition) is 5. The molecular weight excluding hydrogens is 336 g/mol. The summed E-state index contributed by atoms with van der Waals surface area (Å²) >= 11 is 1.24. The van der Waals surface area contributed by atoms with E-state index in [1.54, 1.807) is 0 Å². The Bertz CT molecular complexity index is 802. The second-order valence-electron chi connectivity index (χ2n) is 5.32. The lowest BCUT2D eigenvalue weighted by Gasteiger charge is -2.31. The SMILES string of the molecule is O=C(O)C1CCCCN1S(=O)(=O)c1csc(-c2ccccc2)n1. The first-order valence-corrected chi connectivity index (χ1v) is 9.58. The number of aliphatic carboxylic acids is 1. The Morgan fingerprint density at radius 3 is 2.70 bits per heavy atom. The van der Waals surface area contributed by atoms with Gasteiger partial charge in [-0.25, -0.2) is 13.4 Å². The lowest BCUT2D eigenvalue weighted by Crippen LogP contribution is -2.47. The van der Waals surface area contributed by atoms with Crippen LogP contribution in [0.1, 0.15) is 19.3 Å². The van der Waals surface area contributed by atoms with Crippen LogP contribution in [0.5, 0.6) is 0 Å². The van der Waals surface area contributed by atoms with Crippen molar-refractivity contribution in [1.29, 1.82) is 0 Å². The summed E-state index contributed by atoms with van der Waals surface area (Å²) < 4.78 is 26.6. The van der Waals surface area contributed by atoms with Gasteiger partial charge in [0.15, 0.2) is 5.03 Å². The Hall–Kier alpha value is -1.77. The largest absolute Gasteiger partial charge is 0.480 e. The Kier molecular flexibility index (Phi) is 4.47. The van der Waals surface area contributed by atoms with E-state index >= 15 is 0 Å². The van der Waals surface area contributed by atoms with Gasteiger partial charge in [0.05, 0.1) is 0 Å². The second-order valence-corrected chi connectivity index (χ2v) is 8.02. The van der Waals surface area contributed by atoms with Crippen LogP contribution in [0.25, 0.3) is 10.6 Å². The van der Waals surface area contributed by atoms with E-state index in [-0.39, 0.29) is 11.6 Å². The van der Waals surface area contributed by atoms with Gasteiger partial charge < -0.3 is 5.11 Å². The fourth-order valence-electron chi connectivity index (χ4n) is 2.65. The predicted octanol–water partition coefficient (Wildman–Crippen LogP) is 2.44. The molecule has 3 rings (SSSR count). The molecule has 1 aliphatic rings. The quantitative estimate of drug-likeness (QED) is 0.913. The smallest absolute Gasteiger partial charge is 0.322 e. The fraction of sp³-hybridized carbons (Fsp3) is 0.333. The molecule has 2 aromatic rings. The van der Waals surface area contributed by atoms with Crippen LogP contribution in [0.2, 0.25) is 0 Å². The highest BCUT2D eigenvalue weighted by molar-refractivity contribution is 7.89. The molecule has 1 saturated heterocycles. The van der Waals surface area contributed by atoms with Gasteiger partial charge in [-0.1, -0.05) is 30.3 Å². The van der Waals surface area contributed by atoms with Crippen molar-refractivity contribution in [2.24, 2.45) is 0 Å². The number of benzene rings is 1. The minimum absolute atomic E-state index is 0.0745. The third-order valence-corrected chi connectivity index (χ3v) is 6.65. The van der Waals surface area contributed by atoms with Crippen LogP contribution in [0.15, 0.2) is 40.7 Å². The Labute approximate surface area is 138 Å². The lowest BCUT2D eigenvalue weighted by atomic mass is 10.1. The van der Waals surface area contributed by atoms with Crippen molar-refractivity contribution in [3.8, 4) is 10.6 Å². The number of rotatable bonds is 4. The molecule has 1 aromatic heterocycles. The van der Waals surface area contributed by atoms with Crippen LogP contribution in [0, 0.1) is 0 Å². The van der Waals surface area contributed by atoms with E-state index in [0.29, 0.717) is 17.8 Å². The van der Waals surface area contributed by atoms with E-state index in [1.165, 1.54) is 16.7 Å². The molecule has 0 bridgehead atoms. The van der Waals surface area contributed by atoms with Gasteiger partial charge in [-0.05, 0) is 19.3 Å². The predicted molar refractivity (Wildman–Crippen MR) is 86.7 cm³/mol. The van der Waals surface area contributed by atoms with Gasteiger partial charge >= 0.3 is 5.97 Å². The third kappa shape index (κ3) is 3.15. The molecule has 23 heavy (non-hydrogen) atoms. The fourth-order valence-corrected chi connectivity index (χ4v) is 5.37. The van der Waals surface area contributed by atoms with Crippen LogP contribution in [-0.4, -0.2) is 41.4 Å². The van der Waals surface area contributed by atoms with Crippen molar-refractivity contribution in [2.75, 3.05) is 6.54 Å². The van der Waals surface area contributed by atoms with Crippen molar-refractivity contribution >= 4 is 27.3 Å². The summed E-state index contributed by atoms with van der Waals surface area (Å²) in [6, 6.07) is 8.30. The van der Waals surface area contributed by atoms with Gasteiger partial charge in [-0.3, -0.25) is 4.79 Å². The molecule has 2 heterocycles. The van der Waals surface area contributed by atoms with Crippen molar-refractivity contribution in [2.45, 2.75) is 30.3 Å². The molecule has 1 fully saturated rings. The molecule has 6 nitrogen and oxygen atoms in total. The molecule has 0 spiro atoms. The normalized spacial score (nSPS) is 19.6. The van der Waals surface area contributed by atoms with E-state index in [4.69, 9.17) is 0 Å². The number of sulfonamides is 1. The molecule has 122 valence electrons. The van der Waals surface area contributed by atoms with Gasteiger partial charge in [0.2, 0.25) is 0 Å². The number of carboxylic acids is 1. The maximum Gasteiger partial charge on any atom is 0.322 e. The summed E-state index contributed by atoms with van der Waals surface area (Å²) in [5.41, 5.74) is 0.840. The second kappa shape index (κ2) is 6.38. The third-order valence-electron chi connectivity index (χ3n) is 3.82. The van der Waals surface area contributed by atoms with Crippen LogP contribution in [0.4, 0.5) is 0 Å². The molecule has 0 saturated carbocycles. The van der Waals surface area contributed by atoms with E-state index in [9.17, 15) is 18.3 Å². The van der Waals surface area contributed by atoms with Crippen LogP contribution >= 0.6 is 11.3 Å². The minimum Gasteiger partial charge on any atom is -0.480 e. The maximum absolute atomic E-state index is 12.8. The van der Waals surface area contributed by atoms with Crippen molar-refractivity contribution in [3.63, 3.8) is 0 Å². The van der Waals surface area contributed by atoms with Gasteiger partial charge in [0.1, 0.15) is 11.0 Å². The molecule has 1 atom stereocenters. The number of hydrogen-bond donors (Lipinski definition) is 1. The summed E-state index contributed by atoms with van der Waals surface area (Å²) in [6.45, 7) is 0.220. The van der Waals surface area contributed by atoms with Crippen molar-refractivity contribution in [3.05, 3.63) is 35.7 Å². The average Bonchev–Trinajstić information content (AvgIpc) is 3.06. The van der Waals surface area contributed by atoms with E-state index < -0.39 is 22.0 Å². The summed E-state index contributed by atoms with van der Waals surface area (Å²) in [5, 5.41) is 11.3. The zero-order valence-electron chi connectivity index (χ0n) is 12.3. The van der Waals surface area contributed by atoms with Gasteiger partial charge in [-0.15, -0.1) is 11.3 Å². The molecule has 1 N–H and O–H groups in total. The highest BCUT2D eigenvalue weighted by Gasteiger charge is 2.38. The Morgan fingerprint density at radius 1 is 1.26 bits per heavy atom. The molecule has 0 amide bonds. The monoisotopic (exact) mass is 352 g/mol. The molecule has 8 heteroatoms. The van der Waals surface area contributed by atoms with E-state index in [2.05, 4.69) is 4.98 Å². The number of carbonyl (C=O) groups is 1. The first-order chi connectivity index (χ1) is 11.0. The minimum atomic E-state index is -3.89. The van der Waals surface area contributed by atoms with Gasteiger partial charge in [0, 0.05) is 17.5 Å². The summed E-state index contributed by atoms with van der Waals surface area (Å²) in [4.78, 5) is 15.6. The van der Waals surface area contributed by atoms with Crippen LogP contribution < -0.4 is 0 Å². The number of carboxylic acid groups (broad SMARTS) is 1. The zero-order valence-corrected chi connectivity index (χ0v) is 13.9. The van der Waals surface area contributed by atoms with E-state index in [1.807, 2.05) is 30.3 Å². The molecule has 0 radical (unpaired) electrons. The van der Waals surface area contributed by atoms with Crippen LogP contribution in [-0.2, 0) is 14.8 Å². The maximum atomic E-state index is 12.8. The Morgan fingerprint density at radius 2 is 2.00 bits per heavy atom. The summed E-state index contributed by atoms with van der Waals surface area (Å²) in [5.74, 6) is -1.10. The first-order valence-electron chi connectivity index (χ1n) is 7.26. The zero-order chi connectivity index (χ0) is 16.4. The molecule has 1 aromatic carbocycles. The van der Waals surface area contributed by atoms with Crippen LogP contribution in [0.3, 0.4) is 0 Å². The summed E-state index contributed by atoms with van der Waals surface area (Å²) in [7, 11) is -3.89. The average molecular weight is 352 g/mol. The highest BCUT2D eigenvalue weighted by atomic mass is 32.2. The van der Waals surface area contributed by atoms with E-state index in [0.717, 1.165) is 16.3 Å². The number of aromatic nitrogens is 1. The topological polar surface area (TPSA) is 87.6 Å². The van der Waals surface area contributed by atoms with Crippen molar-refractivity contribution < 1.29 is 18.3 Å².